The molecule has 0 spiro atoms. The van der Waals surface area contributed by atoms with Gasteiger partial charge in [0.05, 0.1) is 30.0 Å². The van der Waals surface area contributed by atoms with Crippen LogP contribution in [0.1, 0.15) is 15.9 Å². The number of nitrogens with zero attached hydrogens (tertiary/aromatic N) is 1. The third-order valence-electron chi connectivity index (χ3n) is 3.93. The number of halogens is 1. The molecule has 0 fully saturated rings. The highest BCUT2D eigenvalue weighted by molar-refractivity contribution is 7.92. The van der Waals surface area contributed by atoms with Crippen LogP contribution in [0.3, 0.4) is 0 Å². The predicted molar refractivity (Wildman–Crippen MR) is 105 cm³/mol. The number of hydrogen-bond acceptors (Lipinski definition) is 6. The molecule has 2 N–H and O–H groups in total. The van der Waals surface area contributed by atoms with Crippen molar-refractivity contribution in [2.24, 2.45) is 0 Å². The van der Waals surface area contributed by atoms with Crippen LogP contribution < -0.4 is 9.46 Å². The zero-order valence-corrected chi connectivity index (χ0v) is 16.5. The van der Waals surface area contributed by atoms with Crippen LogP contribution in [-0.4, -0.2) is 26.6 Å². The second-order valence-corrected chi connectivity index (χ2v) is 8.44. The summed E-state index contributed by atoms with van der Waals surface area (Å²) in [7, 11) is -3.04. The first-order valence-electron chi connectivity index (χ1n) is 7.99. The van der Waals surface area contributed by atoms with E-state index in [9.17, 15) is 17.6 Å². The smallest absolute Gasteiger partial charge is 0.335 e. The normalized spacial score (nSPS) is 10.9. The molecule has 0 atom stereocenters. The largest absolute Gasteiger partial charge is 0.495 e. The highest BCUT2D eigenvalue weighted by Crippen LogP contribution is 2.36. The maximum atomic E-state index is 13.5. The fourth-order valence-corrected chi connectivity index (χ4v) is 4.63. The Morgan fingerprint density at radius 3 is 2.55 bits per heavy atom. The Bertz CT molecular complexity index is 1250. The van der Waals surface area contributed by atoms with Gasteiger partial charge in [0.25, 0.3) is 10.0 Å². The van der Waals surface area contributed by atoms with Crippen LogP contribution in [0.25, 0.3) is 10.4 Å². The molecular formula is C19H13FN2O5S2. The van der Waals surface area contributed by atoms with Crippen LogP contribution in [0.2, 0.25) is 0 Å². The quantitative estimate of drug-likeness (QED) is 0.610. The van der Waals surface area contributed by atoms with E-state index in [1.54, 1.807) is 0 Å². The zero-order valence-electron chi connectivity index (χ0n) is 14.8. The minimum atomic E-state index is -4.30. The zero-order chi connectivity index (χ0) is 21.2. The second-order valence-electron chi connectivity index (χ2n) is 5.75. The summed E-state index contributed by atoms with van der Waals surface area (Å²) in [6.07, 6.45) is 0. The summed E-state index contributed by atoms with van der Waals surface area (Å²) < 4.78 is 46.9. The number of benzene rings is 2. The van der Waals surface area contributed by atoms with Gasteiger partial charge in [-0.05, 0) is 42.5 Å². The van der Waals surface area contributed by atoms with E-state index in [2.05, 4.69) is 4.72 Å². The van der Waals surface area contributed by atoms with Crippen LogP contribution in [0.4, 0.5) is 10.1 Å². The molecule has 0 saturated heterocycles. The van der Waals surface area contributed by atoms with Gasteiger partial charge in [0.15, 0.2) is 5.13 Å². The van der Waals surface area contributed by atoms with Gasteiger partial charge >= 0.3 is 5.97 Å². The first kappa shape index (κ1) is 20.3. The van der Waals surface area contributed by atoms with Crippen molar-refractivity contribution < 1.29 is 27.4 Å². The van der Waals surface area contributed by atoms with Crippen molar-refractivity contribution in [1.29, 1.82) is 5.26 Å². The van der Waals surface area contributed by atoms with E-state index in [-0.39, 0.29) is 27.5 Å². The van der Waals surface area contributed by atoms with Crippen molar-refractivity contribution >= 4 is 33.0 Å². The summed E-state index contributed by atoms with van der Waals surface area (Å²) >= 11 is 0.817. The molecule has 148 valence electrons. The van der Waals surface area contributed by atoms with Gasteiger partial charge in [0.1, 0.15) is 10.6 Å². The van der Waals surface area contributed by atoms with E-state index >= 15 is 0 Å². The molecule has 0 aliphatic rings. The SMILES string of the molecule is COc1ccc(C(=O)O)cc1S(=O)(=O)Nc1cc(C#N)ccc1-c1ccc(F)s1. The standard InChI is InChI=1S/C19H13FN2O5S2/c1-27-15-5-3-12(19(23)24)9-17(15)29(25,26)22-14-8-11(10-21)2-4-13(14)16-6-7-18(20)28-16/h2-9,22H,1H3,(H,23,24). The number of ether oxygens (including phenoxy) is 1. The highest BCUT2D eigenvalue weighted by Gasteiger charge is 2.23. The van der Waals surface area contributed by atoms with E-state index < -0.39 is 21.1 Å². The Morgan fingerprint density at radius 1 is 1.21 bits per heavy atom. The highest BCUT2D eigenvalue weighted by atomic mass is 32.2. The Morgan fingerprint density at radius 2 is 1.97 bits per heavy atom. The summed E-state index contributed by atoms with van der Waals surface area (Å²) in [4.78, 5) is 11.3. The van der Waals surface area contributed by atoms with E-state index in [1.807, 2.05) is 6.07 Å². The molecule has 2 aromatic carbocycles. The van der Waals surface area contributed by atoms with E-state index in [0.717, 1.165) is 17.4 Å². The molecule has 10 heteroatoms. The number of rotatable bonds is 6. The maximum Gasteiger partial charge on any atom is 0.335 e. The van der Waals surface area contributed by atoms with Gasteiger partial charge in [-0.2, -0.15) is 9.65 Å². The van der Waals surface area contributed by atoms with E-state index in [1.165, 1.54) is 49.6 Å². The van der Waals surface area contributed by atoms with Gasteiger partial charge in [-0.3, -0.25) is 4.72 Å². The minimum Gasteiger partial charge on any atom is -0.495 e. The number of thiophene rings is 1. The lowest BCUT2D eigenvalue weighted by molar-refractivity contribution is 0.0696. The third kappa shape index (κ3) is 4.21. The number of anilines is 1. The van der Waals surface area contributed by atoms with E-state index in [4.69, 9.17) is 15.1 Å². The molecule has 0 aliphatic heterocycles. The maximum absolute atomic E-state index is 13.5. The average Bonchev–Trinajstić information content (AvgIpc) is 3.13. The lowest BCUT2D eigenvalue weighted by Crippen LogP contribution is -2.15. The van der Waals surface area contributed by atoms with Gasteiger partial charge in [-0.15, -0.1) is 11.3 Å². The Kier molecular flexibility index (Phi) is 5.54. The number of nitrogens with one attached hydrogen (secondary N) is 1. The van der Waals surface area contributed by atoms with Crippen molar-refractivity contribution in [2.75, 3.05) is 11.8 Å². The van der Waals surface area contributed by atoms with Gasteiger partial charge in [-0.1, -0.05) is 6.07 Å². The van der Waals surface area contributed by atoms with Gasteiger partial charge in [0, 0.05) is 10.4 Å². The number of methoxy groups -OCH3 is 1. The van der Waals surface area contributed by atoms with Crippen LogP contribution in [0.15, 0.2) is 53.4 Å². The number of hydrogen-bond donors (Lipinski definition) is 2. The lowest BCUT2D eigenvalue weighted by atomic mass is 10.1. The van der Waals surface area contributed by atoms with Crippen molar-refractivity contribution in [3.63, 3.8) is 0 Å². The van der Waals surface area contributed by atoms with Crippen molar-refractivity contribution in [2.45, 2.75) is 4.90 Å². The molecule has 0 saturated carbocycles. The van der Waals surface area contributed by atoms with E-state index in [0.29, 0.717) is 10.4 Å². The van der Waals surface area contributed by atoms with Crippen molar-refractivity contribution in [1.82, 2.24) is 0 Å². The van der Waals surface area contributed by atoms with Crippen LogP contribution in [-0.2, 0) is 10.0 Å². The molecular weight excluding hydrogens is 419 g/mol. The first-order valence-corrected chi connectivity index (χ1v) is 10.3. The molecule has 0 bridgehead atoms. The van der Waals surface area contributed by atoms with Crippen molar-refractivity contribution in [3.8, 4) is 22.3 Å². The Hall–Kier alpha value is -3.42. The van der Waals surface area contributed by atoms with Gasteiger partial charge in [0.2, 0.25) is 0 Å². The Balaban J connectivity index is 2.13. The molecule has 1 heterocycles. The average molecular weight is 432 g/mol. The molecule has 7 nitrogen and oxygen atoms in total. The molecule has 0 unspecified atom stereocenters. The summed E-state index contributed by atoms with van der Waals surface area (Å²) in [5.74, 6) is -1.35. The molecule has 3 aromatic rings. The van der Waals surface area contributed by atoms with Crippen LogP contribution >= 0.6 is 11.3 Å². The van der Waals surface area contributed by atoms with Gasteiger partial charge < -0.3 is 9.84 Å². The topological polar surface area (TPSA) is 116 Å². The molecule has 0 amide bonds. The molecule has 0 aliphatic carbocycles. The number of carbonyl (C=O) groups is 1. The number of carboxylic acid groups (broad SMARTS) is 1. The first-order chi connectivity index (χ1) is 13.7. The second kappa shape index (κ2) is 7.90. The number of sulfonamides is 1. The molecule has 3 rings (SSSR count). The summed E-state index contributed by atoms with van der Waals surface area (Å²) in [5.41, 5.74) is 0.371. The molecule has 1 aromatic heterocycles. The van der Waals surface area contributed by atoms with Gasteiger partial charge in [-0.25, -0.2) is 13.2 Å². The van der Waals surface area contributed by atoms with Crippen LogP contribution in [0, 0.1) is 16.5 Å². The Labute approximate surface area is 169 Å². The van der Waals surface area contributed by atoms with Crippen molar-refractivity contribution in [3.05, 3.63) is 64.8 Å². The summed E-state index contributed by atoms with van der Waals surface area (Å²) in [6, 6.07) is 12.4. The lowest BCUT2D eigenvalue weighted by Gasteiger charge is -2.15. The molecule has 29 heavy (non-hydrogen) atoms. The fourth-order valence-electron chi connectivity index (χ4n) is 2.59. The summed E-state index contributed by atoms with van der Waals surface area (Å²) in [5, 5.41) is 17.9. The molecule has 0 radical (unpaired) electrons. The number of aromatic carboxylic acids is 1. The van der Waals surface area contributed by atoms with Crippen LogP contribution in [0.5, 0.6) is 5.75 Å². The predicted octanol–water partition coefficient (Wildman–Crippen LogP) is 3.93. The minimum absolute atomic E-state index is 0.0497. The monoisotopic (exact) mass is 432 g/mol. The number of nitriles is 1. The summed E-state index contributed by atoms with van der Waals surface area (Å²) in [6.45, 7) is 0. The third-order valence-corrected chi connectivity index (χ3v) is 6.23. The number of carboxylic acids is 1. The fraction of sp³-hybridized carbons (Fsp3) is 0.0526.